The first-order valence-electron chi connectivity index (χ1n) is 5.07. The fraction of sp³-hybridized carbons (Fsp3) is 0.300. The van der Waals surface area contributed by atoms with Gasteiger partial charge < -0.3 is 10.2 Å². The predicted octanol–water partition coefficient (Wildman–Crippen LogP) is 0.455. The molecule has 1 aromatic rings. The molecule has 0 heterocycles. The van der Waals surface area contributed by atoms with Crippen molar-refractivity contribution in [2.75, 3.05) is 18.3 Å². The molecule has 0 fully saturated rings. The third-order valence-electron chi connectivity index (χ3n) is 2.19. The molecule has 0 aliphatic heterocycles. The maximum atomic E-state index is 11.8. The Morgan fingerprint density at radius 2 is 2.00 bits per heavy atom. The molecule has 0 unspecified atom stereocenters. The summed E-state index contributed by atoms with van der Waals surface area (Å²) in [6, 6.07) is 5.86. The van der Waals surface area contributed by atoms with Gasteiger partial charge in [-0.05, 0) is 12.1 Å². The van der Waals surface area contributed by atoms with Crippen LogP contribution < -0.4 is 4.72 Å². The summed E-state index contributed by atoms with van der Waals surface area (Å²) in [5, 5.41) is 17.9. The third kappa shape index (κ3) is 3.90. The van der Waals surface area contributed by atoms with Crippen molar-refractivity contribution in [3.63, 3.8) is 0 Å². The molecule has 100 valence electrons. The van der Waals surface area contributed by atoms with Crippen LogP contribution in [0.3, 0.4) is 0 Å². The SMILES string of the molecule is CN(CCC(=O)O)S(=O)(=O)Nc1ccccc1O. The molecule has 0 aromatic heterocycles. The van der Waals surface area contributed by atoms with Crippen LogP contribution in [-0.4, -0.2) is 42.5 Å². The zero-order chi connectivity index (χ0) is 13.8. The lowest BCUT2D eigenvalue weighted by atomic mass is 10.3. The lowest BCUT2D eigenvalue weighted by molar-refractivity contribution is -0.137. The van der Waals surface area contributed by atoms with Crippen LogP contribution in [-0.2, 0) is 15.0 Å². The largest absolute Gasteiger partial charge is 0.506 e. The van der Waals surface area contributed by atoms with E-state index < -0.39 is 16.2 Å². The number of rotatable bonds is 6. The first kappa shape index (κ1) is 14.3. The van der Waals surface area contributed by atoms with E-state index in [0.717, 1.165) is 4.31 Å². The van der Waals surface area contributed by atoms with Crippen molar-refractivity contribution in [2.45, 2.75) is 6.42 Å². The minimum atomic E-state index is -3.87. The van der Waals surface area contributed by atoms with E-state index in [9.17, 15) is 18.3 Å². The maximum Gasteiger partial charge on any atom is 0.304 e. The van der Waals surface area contributed by atoms with E-state index in [1.165, 1.54) is 19.2 Å². The Morgan fingerprint density at radius 1 is 1.39 bits per heavy atom. The lowest BCUT2D eigenvalue weighted by Crippen LogP contribution is -2.34. The van der Waals surface area contributed by atoms with E-state index in [-0.39, 0.29) is 24.4 Å². The minimum Gasteiger partial charge on any atom is -0.506 e. The molecule has 7 nitrogen and oxygen atoms in total. The highest BCUT2D eigenvalue weighted by atomic mass is 32.2. The number of aliphatic carboxylic acids is 1. The summed E-state index contributed by atoms with van der Waals surface area (Å²) < 4.78 is 26.6. The summed E-state index contributed by atoms with van der Waals surface area (Å²) in [5.74, 6) is -1.28. The van der Waals surface area contributed by atoms with Crippen molar-refractivity contribution < 1.29 is 23.4 Å². The van der Waals surface area contributed by atoms with Crippen LogP contribution in [0.2, 0.25) is 0 Å². The predicted molar refractivity (Wildman–Crippen MR) is 65.5 cm³/mol. The number of carbonyl (C=O) groups is 1. The van der Waals surface area contributed by atoms with Crippen LogP contribution in [0.15, 0.2) is 24.3 Å². The zero-order valence-electron chi connectivity index (χ0n) is 9.70. The molecule has 0 aliphatic rings. The number of para-hydroxylation sites is 2. The van der Waals surface area contributed by atoms with E-state index in [4.69, 9.17) is 5.11 Å². The second-order valence-corrected chi connectivity index (χ2v) is 5.37. The average molecular weight is 274 g/mol. The summed E-state index contributed by atoms with van der Waals surface area (Å²) in [6.07, 6.45) is -0.293. The molecule has 0 saturated carbocycles. The van der Waals surface area contributed by atoms with Gasteiger partial charge in [0, 0.05) is 13.6 Å². The molecule has 0 atom stereocenters. The van der Waals surface area contributed by atoms with E-state index in [1.54, 1.807) is 12.1 Å². The minimum absolute atomic E-state index is 0.0414. The molecule has 3 N–H and O–H groups in total. The van der Waals surface area contributed by atoms with Crippen LogP contribution in [0.4, 0.5) is 5.69 Å². The first-order valence-corrected chi connectivity index (χ1v) is 6.51. The van der Waals surface area contributed by atoms with E-state index in [2.05, 4.69) is 4.72 Å². The fourth-order valence-corrected chi connectivity index (χ4v) is 2.09. The summed E-state index contributed by atoms with van der Waals surface area (Å²) in [7, 11) is -2.62. The quantitative estimate of drug-likeness (QED) is 0.653. The molecule has 18 heavy (non-hydrogen) atoms. The van der Waals surface area contributed by atoms with Crippen LogP contribution in [0.25, 0.3) is 0 Å². The van der Waals surface area contributed by atoms with Crippen molar-refractivity contribution in [3.8, 4) is 5.75 Å². The first-order chi connectivity index (χ1) is 8.33. The molecule has 0 saturated heterocycles. The average Bonchev–Trinajstić information content (AvgIpc) is 2.28. The van der Waals surface area contributed by atoms with Crippen molar-refractivity contribution in [3.05, 3.63) is 24.3 Å². The van der Waals surface area contributed by atoms with Gasteiger partial charge in [-0.25, -0.2) is 0 Å². The van der Waals surface area contributed by atoms with Crippen molar-refractivity contribution in [1.82, 2.24) is 4.31 Å². The van der Waals surface area contributed by atoms with Gasteiger partial charge in [0.25, 0.3) is 0 Å². The monoisotopic (exact) mass is 274 g/mol. The van der Waals surface area contributed by atoms with E-state index in [0.29, 0.717) is 0 Å². The number of nitrogens with one attached hydrogen (secondary N) is 1. The highest BCUT2D eigenvalue weighted by Gasteiger charge is 2.19. The van der Waals surface area contributed by atoms with Gasteiger partial charge in [0.05, 0.1) is 12.1 Å². The molecule has 1 aromatic carbocycles. The molecule has 0 bridgehead atoms. The summed E-state index contributed by atoms with van der Waals surface area (Å²) in [4.78, 5) is 10.4. The number of anilines is 1. The number of carboxylic acids is 1. The summed E-state index contributed by atoms with van der Waals surface area (Å²) in [5.41, 5.74) is 0.0414. The smallest absolute Gasteiger partial charge is 0.304 e. The zero-order valence-corrected chi connectivity index (χ0v) is 10.5. The van der Waals surface area contributed by atoms with Gasteiger partial charge in [0.2, 0.25) is 0 Å². The van der Waals surface area contributed by atoms with Crippen LogP contribution >= 0.6 is 0 Å². The highest BCUT2D eigenvalue weighted by Crippen LogP contribution is 2.23. The third-order valence-corrected chi connectivity index (χ3v) is 3.67. The number of hydrogen-bond donors (Lipinski definition) is 3. The molecular weight excluding hydrogens is 260 g/mol. The summed E-state index contributed by atoms with van der Waals surface area (Å²) in [6.45, 7) is -0.155. The standard InChI is InChI=1S/C10H14N2O5S/c1-12(7-6-10(14)15)18(16,17)11-8-4-2-3-5-9(8)13/h2-5,11,13H,6-7H2,1H3,(H,14,15). The number of phenols is 1. The van der Waals surface area contributed by atoms with Gasteiger partial charge in [0.15, 0.2) is 0 Å². The van der Waals surface area contributed by atoms with Crippen LogP contribution in [0, 0.1) is 0 Å². The van der Waals surface area contributed by atoms with Crippen molar-refractivity contribution >= 4 is 21.9 Å². The van der Waals surface area contributed by atoms with Crippen LogP contribution in [0.1, 0.15) is 6.42 Å². The Kier molecular flexibility index (Phi) is 4.51. The van der Waals surface area contributed by atoms with Gasteiger partial charge in [0.1, 0.15) is 5.75 Å². The van der Waals surface area contributed by atoms with Gasteiger partial charge in [-0.3, -0.25) is 9.52 Å². The Morgan fingerprint density at radius 3 is 2.56 bits per heavy atom. The number of nitrogens with zero attached hydrogens (tertiary/aromatic N) is 1. The molecule has 0 amide bonds. The van der Waals surface area contributed by atoms with Gasteiger partial charge in [-0.15, -0.1) is 0 Å². The maximum absolute atomic E-state index is 11.8. The van der Waals surface area contributed by atoms with E-state index in [1.807, 2.05) is 0 Å². The second-order valence-electron chi connectivity index (χ2n) is 3.59. The van der Waals surface area contributed by atoms with E-state index >= 15 is 0 Å². The fourth-order valence-electron chi connectivity index (χ4n) is 1.15. The van der Waals surface area contributed by atoms with Crippen molar-refractivity contribution in [2.24, 2.45) is 0 Å². The number of aromatic hydroxyl groups is 1. The lowest BCUT2D eigenvalue weighted by Gasteiger charge is -2.17. The molecule has 8 heteroatoms. The number of hydrogen-bond acceptors (Lipinski definition) is 4. The molecule has 0 spiro atoms. The Bertz CT molecular complexity index is 529. The van der Waals surface area contributed by atoms with Crippen molar-refractivity contribution in [1.29, 1.82) is 0 Å². The summed E-state index contributed by atoms with van der Waals surface area (Å²) >= 11 is 0. The molecular formula is C10H14N2O5S. The number of phenolic OH excluding ortho intramolecular Hbond substituents is 1. The molecule has 0 radical (unpaired) electrons. The number of carboxylic acid groups (broad SMARTS) is 1. The second kappa shape index (κ2) is 5.69. The topological polar surface area (TPSA) is 107 Å². The molecule has 1 rings (SSSR count). The normalized spacial score (nSPS) is 11.4. The van der Waals surface area contributed by atoms with Gasteiger partial charge in [-0.2, -0.15) is 12.7 Å². The highest BCUT2D eigenvalue weighted by molar-refractivity contribution is 7.90. The Labute approximate surface area is 105 Å². The Balaban J connectivity index is 2.76. The Hall–Kier alpha value is -1.80. The van der Waals surface area contributed by atoms with Crippen LogP contribution in [0.5, 0.6) is 5.75 Å². The van der Waals surface area contributed by atoms with Gasteiger partial charge in [-0.1, -0.05) is 12.1 Å². The van der Waals surface area contributed by atoms with Gasteiger partial charge >= 0.3 is 16.2 Å². The molecule has 0 aliphatic carbocycles. The number of benzene rings is 1.